The summed E-state index contributed by atoms with van der Waals surface area (Å²) in [4.78, 5) is 13.8. The van der Waals surface area contributed by atoms with Crippen molar-refractivity contribution < 1.29 is 9.53 Å². The highest BCUT2D eigenvalue weighted by atomic mass is 35.5. The Morgan fingerprint density at radius 3 is 2.59 bits per heavy atom. The van der Waals surface area contributed by atoms with Gasteiger partial charge in [0, 0.05) is 18.1 Å². The number of carbonyl (C=O) groups is 1. The van der Waals surface area contributed by atoms with Crippen LogP contribution in [0.15, 0.2) is 30.3 Å². The number of likely N-dealkylation sites (tertiary alicyclic amines) is 1. The van der Waals surface area contributed by atoms with E-state index >= 15 is 0 Å². The van der Waals surface area contributed by atoms with Gasteiger partial charge in [0.15, 0.2) is 0 Å². The third-order valence-electron chi connectivity index (χ3n) is 3.60. The maximum absolute atomic E-state index is 12.0. The van der Waals surface area contributed by atoms with E-state index in [2.05, 4.69) is 12.2 Å². The summed E-state index contributed by atoms with van der Waals surface area (Å²) in [7, 11) is 0. The van der Waals surface area contributed by atoms with Gasteiger partial charge in [-0.2, -0.15) is 0 Å². The van der Waals surface area contributed by atoms with E-state index in [1.807, 2.05) is 45.0 Å². The molecule has 1 aliphatic heterocycles. The van der Waals surface area contributed by atoms with Crippen molar-refractivity contribution >= 4 is 23.8 Å². The molecular formula is C18H24ClNO2. The Hall–Kier alpha value is -1.48. The van der Waals surface area contributed by atoms with Gasteiger partial charge in [-0.25, -0.2) is 4.79 Å². The van der Waals surface area contributed by atoms with E-state index in [9.17, 15) is 4.79 Å². The molecule has 0 spiro atoms. The summed E-state index contributed by atoms with van der Waals surface area (Å²) < 4.78 is 5.41. The fourth-order valence-corrected chi connectivity index (χ4v) is 2.66. The van der Waals surface area contributed by atoms with Crippen molar-refractivity contribution in [1.29, 1.82) is 0 Å². The first-order valence-corrected chi connectivity index (χ1v) is 8.13. The van der Waals surface area contributed by atoms with Gasteiger partial charge in [-0.3, -0.25) is 0 Å². The summed E-state index contributed by atoms with van der Waals surface area (Å²) >= 11 is 5.98. The van der Waals surface area contributed by atoms with Gasteiger partial charge in [0.2, 0.25) is 0 Å². The number of ether oxygens (including phenoxy) is 1. The molecule has 1 saturated heterocycles. The first kappa shape index (κ1) is 16.9. The molecule has 0 unspecified atom stereocenters. The fraction of sp³-hybridized carbons (Fsp3) is 0.500. The molecule has 0 radical (unpaired) electrons. The molecule has 1 heterocycles. The van der Waals surface area contributed by atoms with E-state index in [-0.39, 0.29) is 6.09 Å². The zero-order valence-corrected chi connectivity index (χ0v) is 14.3. The number of hydrogen-bond acceptors (Lipinski definition) is 2. The Morgan fingerprint density at radius 1 is 1.32 bits per heavy atom. The predicted molar refractivity (Wildman–Crippen MR) is 91.0 cm³/mol. The van der Waals surface area contributed by atoms with E-state index in [1.165, 1.54) is 0 Å². The minimum absolute atomic E-state index is 0.204. The highest BCUT2D eigenvalue weighted by Gasteiger charge is 2.25. The molecule has 1 aliphatic rings. The van der Waals surface area contributed by atoms with E-state index < -0.39 is 5.60 Å². The van der Waals surface area contributed by atoms with Crippen LogP contribution in [-0.2, 0) is 4.74 Å². The highest BCUT2D eigenvalue weighted by Crippen LogP contribution is 2.22. The van der Waals surface area contributed by atoms with Crippen LogP contribution in [0.3, 0.4) is 0 Å². The van der Waals surface area contributed by atoms with Crippen LogP contribution in [0.5, 0.6) is 0 Å². The highest BCUT2D eigenvalue weighted by molar-refractivity contribution is 6.30. The third kappa shape index (κ3) is 5.38. The lowest BCUT2D eigenvalue weighted by molar-refractivity contribution is 0.0197. The number of benzene rings is 1. The van der Waals surface area contributed by atoms with Gasteiger partial charge >= 0.3 is 6.09 Å². The maximum Gasteiger partial charge on any atom is 0.410 e. The second-order valence-corrected chi connectivity index (χ2v) is 7.16. The molecule has 2 rings (SSSR count). The van der Waals surface area contributed by atoms with Crippen molar-refractivity contribution in [2.75, 3.05) is 13.1 Å². The monoisotopic (exact) mass is 321 g/mol. The Morgan fingerprint density at radius 2 is 2.00 bits per heavy atom. The zero-order valence-electron chi connectivity index (χ0n) is 13.5. The molecule has 0 aromatic heterocycles. The quantitative estimate of drug-likeness (QED) is 0.767. The lowest BCUT2D eigenvalue weighted by Crippen LogP contribution is -2.41. The summed E-state index contributed by atoms with van der Waals surface area (Å²) in [5.74, 6) is 0.498. The molecule has 1 fully saturated rings. The molecule has 0 saturated carbocycles. The minimum Gasteiger partial charge on any atom is -0.444 e. The average molecular weight is 322 g/mol. The molecule has 4 heteroatoms. The van der Waals surface area contributed by atoms with E-state index in [0.717, 1.165) is 36.5 Å². The number of nitrogens with zero attached hydrogens (tertiary/aromatic N) is 1. The average Bonchev–Trinajstić information content (AvgIpc) is 2.44. The molecule has 1 amide bonds. The number of carbonyl (C=O) groups excluding carboxylic acids is 1. The summed E-state index contributed by atoms with van der Waals surface area (Å²) in [5.41, 5.74) is 0.683. The third-order valence-corrected chi connectivity index (χ3v) is 3.84. The zero-order chi connectivity index (χ0) is 16.2. The van der Waals surface area contributed by atoms with Crippen LogP contribution in [0, 0.1) is 5.92 Å². The van der Waals surface area contributed by atoms with Crippen molar-refractivity contribution in [3.8, 4) is 0 Å². The predicted octanol–water partition coefficient (Wildman–Crippen LogP) is 5.00. The van der Waals surface area contributed by atoms with E-state index in [1.54, 1.807) is 4.90 Å². The van der Waals surface area contributed by atoms with Crippen LogP contribution in [0.4, 0.5) is 4.79 Å². The molecule has 22 heavy (non-hydrogen) atoms. The van der Waals surface area contributed by atoms with Gasteiger partial charge in [0.25, 0.3) is 0 Å². The molecule has 0 N–H and O–H groups in total. The molecular weight excluding hydrogens is 298 g/mol. The number of piperidine rings is 1. The lowest BCUT2D eigenvalue weighted by Gasteiger charge is -2.32. The molecule has 0 aliphatic carbocycles. The number of amides is 1. The Kier molecular flexibility index (Phi) is 5.52. The largest absolute Gasteiger partial charge is 0.444 e. The minimum atomic E-state index is -0.430. The molecule has 3 nitrogen and oxygen atoms in total. The van der Waals surface area contributed by atoms with Gasteiger partial charge in [-0.15, -0.1) is 0 Å². The van der Waals surface area contributed by atoms with Crippen molar-refractivity contribution in [3.63, 3.8) is 0 Å². The number of halogens is 1. The second kappa shape index (κ2) is 7.19. The van der Waals surface area contributed by atoms with Crippen LogP contribution in [0.2, 0.25) is 5.02 Å². The summed E-state index contributed by atoms with van der Waals surface area (Å²) in [6, 6.07) is 7.82. The van der Waals surface area contributed by atoms with Gasteiger partial charge in [0.05, 0.1) is 0 Å². The van der Waals surface area contributed by atoms with Gasteiger partial charge in [-0.1, -0.05) is 35.9 Å². The number of rotatable bonds is 2. The summed E-state index contributed by atoms with van der Waals surface area (Å²) in [6.45, 7) is 7.18. The van der Waals surface area contributed by atoms with Crippen molar-refractivity contribution in [2.24, 2.45) is 5.92 Å². The first-order chi connectivity index (χ1) is 10.3. The Balaban J connectivity index is 1.83. The van der Waals surface area contributed by atoms with Crippen LogP contribution in [0.1, 0.15) is 39.2 Å². The number of hydrogen-bond donors (Lipinski definition) is 0. The maximum atomic E-state index is 12.0. The summed E-state index contributed by atoms with van der Waals surface area (Å²) in [5, 5.41) is 0.752. The normalized spacial score (nSPS) is 17.0. The van der Waals surface area contributed by atoms with Crippen molar-refractivity contribution in [1.82, 2.24) is 4.90 Å². The first-order valence-electron chi connectivity index (χ1n) is 7.75. The summed E-state index contributed by atoms with van der Waals surface area (Å²) in [6.07, 6.45) is 6.06. The topological polar surface area (TPSA) is 29.5 Å². The SMILES string of the molecule is CC(C)(C)OC(=O)N1CCC(/C=C/c2cccc(Cl)c2)CC1. The molecule has 1 aromatic carbocycles. The smallest absolute Gasteiger partial charge is 0.410 e. The Bertz CT molecular complexity index is 540. The van der Waals surface area contributed by atoms with Crippen LogP contribution in [0.25, 0.3) is 6.08 Å². The lowest BCUT2D eigenvalue weighted by atomic mass is 9.96. The van der Waals surface area contributed by atoms with Crippen LogP contribution >= 0.6 is 11.6 Å². The molecule has 0 atom stereocenters. The van der Waals surface area contributed by atoms with E-state index in [0.29, 0.717) is 5.92 Å². The number of allylic oxidation sites excluding steroid dienone is 1. The van der Waals surface area contributed by atoms with Crippen LogP contribution < -0.4 is 0 Å². The van der Waals surface area contributed by atoms with E-state index in [4.69, 9.17) is 16.3 Å². The van der Waals surface area contributed by atoms with Gasteiger partial charge in [0.1, 0.15) is 5.60 Å². The molecule has 1 aromatic rings. The standard InChI is InChI=1S/C18H24ClNO2/c1-18(2,3)22-17(21)20-11-9-14(10-12-20)7-8-15-5-4-6-16(19)13-15/h4-8,13-14H,9-12H2,1-3H3/b8-7+. The van der Waals surface area contributed by atoms with Gasteiger partial charge in [-0.05, 0) is 57.2 Å². The van der Waals surface area contributed by atoms with Gasteiger partial charge < -0.3 is 9.64 Å². The van der Waals surface area contributed by atoms with Crippen molar-refractivity contribution in [2.45, 2.75) is 39.2 Å². The molecule has 0 bridgehead atoms. The van der Waals surface area contributed by atoms with Crippen molar-refractivity contribution in [3.05, 3.63) is 40.9 Å². The Labute approximate surface area is 137 Å². The molecule has 120 valence electrons. The van der Waals surface area contributed by atoms with Crippen LogP contribution in [-0.4, -0.2) is 29.7 Å². The fourth-order valence-electron chi connectivity index (χ4n) is 2.46. The second-order valence-electron chi connectivity index (χ2n) is 6.72.